The molecule has 1 aromatic carbocycles. The molecule has 152 valence electrons. The lowest BCUT2D eigenvalue weighted by Crippen LogP contribution is -2.41. The maximum absolute atomic E-state index is 12.4. The maximum Gasteiger partial charge on any atom is 0.573 e. The van der Waals surface area contributed by atoms with E-state index in [1.807, 2.05) is 0 Å². The van der Waals surface area contributed by atoms with E-state index in [0.717, 1.165) is 29.9 Å². The molecule has 0 radical (unpaired) electrons. The van der Waals surface area contributed by atoms with Gasteiger partial charge in [-0.25, -0.2) is 0 Å². The number of amides is 3. The summed E-state index contributed by atoms with van der Waals surface area (Å²) in [5.74, 6) is -2.05. The average molecular weight is 398 g/mol. The van der Waals surface area contributed by atoms with E-state index in [1.165, 1.54) is 12.1 Å². The van der Waals surface area contributed by atoms with Gasteiger partial charge in [-0.2, -0.15) is 0 Å². The highest BCUT2D eigenvalue weighted by atomic mass is 19.4. The molecule has 1 aromatic rings. The van der Waals surface area contributed by atoms with Crippen molar-refractivity contribution in [3.63, 3.8) is 0 Å². The van der Waals surface area contributed by atoms with Gasteiger partial charge in [0.05, 0.1) is 17.9 Å². The molecule has 1 saturated carbocycles. The second-order valence-electron chi connectivity index (χ2n) is 7.17. The van der Waals surface area contributed by atoms with Crippen LogP contribution >= 0.6 is 0 Å². The normalized spacial score (nSPS) is 23.4. The van der Waals surface area contributed by atoms with Crippen molar-refractivity contribution in [2.75, 3.05) is 6.54 Å². The Hall–Kier alpha value is -2.58. The lowest BCUT2D eigenvalue weighted by Gasteiger charge is -2.19. The van der Waals surface area contributed by atoms with E-state index in [9.17, 15) is 27.6 Å². The van der Waals surface area contributed by atoms with Gasteiger partial charge in [0.25, 0.3) is 0 Å². The monoisotopic (exact) mass is 398 g/mol. The quantitative estimate of drug-likeness (QED) is 0.774. The van der Waals surface area contributed by atoms with Crippen LogP contribution in [-0.4, -0.2) is 35.5 Å². The number of benzene rings is 1. The number of carbonyl (C=O) groups is 3. The summed E-state index contributed by atoms with van der Waals surface area (Å²) in [4.78, 5) is 38.2. The zero-order valence-corrected chi connectivity index (χ0v) is 15.3. The number of likely N-dealkylation sites (tertiary alicyclic amines) is 1. The number of carbonyl (C=O) groups excluding carboxylic acids is 3. The number of alkyl halides is 3. The molecule has 0 aromatic heterocycles. The van der Waals surface area contributed by atoms with Crippen molar-refractivity contribution in [1.29, 1.82) is 0 Å². The molecule has 1 N–H and O–H groups in total. The maximum atomic E-state index is 12.4. The van der Waals surface area contributed by atoms with Crippen LogP contribution < -0.4 is 10.1 Å². The van der Waals surface area contributed by atoms with Crippen molar-refractivity contribution in [2.24, 2.45) is 11.8 Å². The van der Waals surface area contributed by atoms with Gasteiger partial charge in [-0.15, -0.1) is 13.2 Å². The van der Waals surface area contributed by atoms with Crippen LogP contribution in [0.3, 0.4) is 0 Å². The first kappa shape index (κ1) is 20.2. The zero-order valence-electron chi connectivity index (χ0n) is 15.3. The highest BCUT2D eigenvalue weighted by molar-refractivity contribution is 6.07. The van der Waals surface area contributed by atoms with Crippen molar-refractivity contribution in [2.45, 2.75) is 45.0 Å². The number of fused-ring (bicyclic) bond motifs is 1. The fourth-order valence-corrected chi connectivity index (χ4v) is 3.86. The van der Waals surface area contributed by atoms with Crippen molar-refractivity contribution < 1.29 is 32.3 Å². The molecular formula is C19H21F3N2O4. The van der Waals surface area contributed by atoms with Crippen molar-refractivity contribution >= 4 is 17.7 Å². The molecule has 3 rings (SSSR count). The predicted octanol–water partition coefficient (Wildman–Crippen LogP) is 2.94. The predicted molar refractivity (Wildman–Crippen MR) is 91.9 cm³/mol. The number of ether oxygens (including phenoxy) is 1. The third-order valence-electron chi connectivity index (χ3n) is 5.23. The second-order valence-corrected chi connectivity index (χ2v) is 7.17. The topological polar surface area (TPSA) is 75.7 Å². The van der Waals surface area contributed by atoms with E-state index in [4.69, 9.17) is 0 Å². The summed E-state index contributed by atoms with van der Waals surface area (Å²) in [6.45, 7) is 1.31. The molecule has 2 aliphatic rings. The molecule has 0 spiro atoms. The van der Waals surface area contributed by atoms with Gasteiger partial charge in [0.2, 0.25) is 17.7 Å². The van der Waals surface area contributed by atoms with Gasteiger partial charge in [-0.1, -0.05) is 25.0 Å². The summed E-state index contributed by atoms with van der Waals surface area (Å²) in [7, 11) is 0. The minimum Gasteiger partial charge on any atom is -0.406 e. The number of nitrogens with one attached hydrogen (secondary N) is 1. The van der Waals surface area contributed by atoms with Gasteiger partial charge in [-0.05, 0) is 37.5 Å². The van der Waals surface area contributed by atoms with E-state index in [0.29, 0.717) is 18.4 Å². The van der Waals surface area contributed by atoms with Crippen molar-refractivity contribution in [3.05, 3.63) is 29.8 Å². The third kappa shape index (κ3) is 4.45. The Morgan fingerprint density at radius 3 is 2.18 bits per heavy atom. The van der Waals surface area contributed by atoms with Crippen LogP contribution in [0.4, 0.5) is 13.2 Å². The lowest BCUT2D eigenvalue weighted by atomic mass is 9.81. The van der Waals surface area contributed by atoms with E-state index < -0.39 is 18.3 Å². The summed E-state index contributed by atoms with van der Waals surface area (Å²) >= 11 is 0. The van der Waals surface area contributed by atoms with Crippen LogP contribution in [0.25, 0.3) is 0 Å². The molecular weight excluding hydrogens is 377 g/mol. The number of hydrogen-bond donors (Lipinski definition) is 1. The van der Waals surface area contributed by atoms with Gasteiger partial charge < -0.3 is 10.1 Å². The molecule has 1 heterocycles. The minimum atomic E-state index is -4.77. The molecule has 3 amide bonds. The minimum absolute atomic E-state index is 0.286. The molecule has 1 aliphatic heterocycles. The largest absolute Gasteiger partial charge is 0.573 e. The van der Waals surface area contributed by atoms with Crippen LogP contribution in [0.1, 0.15) is 44.2 Å². The number of rotatable bonds is 5. The Labute approximate surface area is 160 Å². The summed E-state index contributed by atoms with van der Waals surface area (Å²) in [6, 6.07) is 4.62. The summed E-state index contributed by atoms with van der Waals surface area (Å²) in [6.07, 6.45) is -1.60. The molecule has 9 heteroatoms. The van der Waals surface area contributed by atoms with E-state index in [2.05, 4.69) is 10.1 Å². The Balaban J connectivity index is 1.57. The summed E-state index contributed by atoms with van der Waals surface area (Å²) in [5.41, 5.74) is 0.565. The number of halogens is 3. The van der Waals surface area contributed by atoms with Crippen LogP contribution in [0.15, 0.2) is 24.3 Å². The third-order valence-corrected chi connectivity index (χ3v) is 5.23. The Morgan fingerprint density at radius 1 is 1.14 bits per heavy atom. The first-order chi connectivity index (χ1) is 13.2. The van der Waals surface area contributed by atoms with Gasteiger partial charge >= 0.3 is 6.36 Å². The number of hydrogen-bond acceptors (Lipinski definition) is 4. The Morgan fingerprint density at radius 2 is 1.68 bits per heavy atom. The summed E-state index contributed by atoms with van der Waals surface area (Å²) in [5, 5.41) is 2.67. The zero-order chi connectivity index (χ0) is 20.5. The van der Waals surface area contributed by atoms with Crippen molar-refractivity contribution in [1.82, 2.24) is 10.2 Å². The highest BCUT2D eigenvalue weighted by Gasteiger charge is 2.48. The molecule has 3 atom stereocenters. The van der Waals surface area contributed by atoms with Gasteiger partial charge in [-0.3, -0.25) is 19.3 Å². The first-order valence-electron chi connectivity index (χ1n) is 9.16. The average Bonchev–Trinajstić information content (AvgIpc) is 2.86. The number of imide groups is 1. The fourth-order valence-electron chi connectivity index (χ4n) is 3.86. The van der Waals surface area contributed by atoms with Crippen LogP contribution in [0.5, 0.6) is 5.75 Å². The van der Waals surface area contributed by atoms with Gasteiger partial charge in [0.15, 0.2) is 0 Å². The SMILES string of the molecule is C[C@H](NC(=O)CN1C(=O)[C@H]2CCCC[C@H]2C1=O)c1ccc(OC(F)(F)F)cc1. The Kier molecular flexibility index (Phi) is 5.62. The van der Waals surface area contributed by atoms with E-state index in [-0.39, 0.29) is 35.9 Å². The molecule has 1 aliphatic carbocycles. The molecule has 2 fully saturated rings. The Bertz CT molecular complexity index is 739. The lowest BCUT2D eigenvalue weighted by molar-refractivity contribution is -0.274. The smallest absolute Gasteiger partial charge is 0.406 e. The van der Waals surface area contributed by atoms with Gasteiger partial charge in [0.1, 0.15) is 12.3 Å². The van der Waals surface area contributed by atoms with Gasteiger partial charge in [0, 0.05) is 0 Å². The molecule has 0 bridgehead atoms. The first-order valence-corrected chi connectivity index (χ1v) is 9.16. The van der Waals surface area contributed by atoms with E-state index >= 15 is 0 Å². The van der Waals surface area contributed by atoms with Crippen LogP contribution in [0.2, 0.25) is 0 Å². The molecule has 1 saturated heterocycles. The van der Waals surface area contributed by atoms with Crippen LogP contribution in [0, 0.1) is 11.8 Å². The number of nitrogens with zero attached hydrogens (tertiary/aromatic N) is 1. The molecule has 28 heavy (non-hydrogen) atoms. The second kappa shape index (κ2) is 7.81. The highest BCUT2D eigenvalue weighted by Crippen LogP contribution is 2.37. The fraction of sp³-hybridized carbons (Fsp3) is 0.526. The van der Waals surface area contributed by atoms with Crippen molar-refractivity contribution in [3.8, 4) is 5.75 Å². The van der Waals surface area contributed by atoms with E-state index in [1.54, 1.807) is 6.92 Å². The van der Waals surface area contributed by atoms with Crippen LogP contribution in [-0.2, 0) is 14.4 Å². The standard InChI is InChI=1S/C19H21F3N2O4/c1-11(12-6-8-13(9-7-12)28-19(20,21)22)23-16(25)10-24-17(26)14-4-2-3-5-15(14)18(24)27/h6-9,11,14-15H,2-5,10H2,1H3,(H,23,25)/t11-,14-,15+/m0/s1. The molecule has 0 unspecified atom stereocenters. The molecule has 6 nitrogen and oxygen atoms in total. The summed E-state index contributed by atoms with van der Waals surface area (Å²) < 4.78 is 40.4.